The van der Waals surface area contributed by atoms with Crippen LogP contribution in [0.1, 0.15) is 35.7 Å². The quantitative estimate of drug-likeness (QED) is 0.701. The molecule has 1 rings (SSSR count). The van der Waals surface area contributed by atoms with Crippen LogP contribution < -0.4 is 10.9 Å². The molecule has 1 amide bonds. The van der Waals surface area contributed by atoms with Crippen molar-refractivity contribution in [3.8, 4) is 0 Å². The van der Waals surface area contributed by atoms with Crippen molar-refractivity contribution in [1.82, 2.24) is 10.3 Å². The number of H-pyrrole nitrogens is 1. The van der Waals surface area contributed by atoms with Crippen LogP contribution in [0.25, 0.3) is 0 Å². The molecule has 0 aliphatic rings. The Hall–Kier alpha value is -1.62. The summed E-state index contributed by atoms with van der Waals surface area (Å²) in [6, 6.07) is 1.58. The highest BCUT2D eigenvalue weighted by Gasteiger charge is 2.16. The Balaban J connectivity index is 2.86. The van der Waals surface area contributed by atoms with Crippen molar-refractivity contribution >= 4 is 5.91 Å². The SMILES string of the molecule is CCC(CCO)NC(=O)c1c(C)cc[nH]c1=O. The van der Waals surface area contributed by atoms with Crippen molar-refractivity contribution < 1.29 is 9.90 Å². The highest BCUT2D eigenvalue weighted by atomic mass is 16.3. The van der Waals surface area contributed by atoms with Gasteiger partial charge in [-0.15, -0.1) is 0 Å². The summed E-state index contributed by atoms with van der Waals surface area (Å²) in [7, 11) is 0. The van der Waals surface area contributed by atoms with Gasteiger partial charge in [-0.3, -0.25) is 9.59 Å². The number of hydrogen-bond acceptors (Lipinski definition) is 3. The zero-order valence-corrected chi connectivity index (χ0v) is 10.1. The number of aliphatic hydroxyl groups excluding tert-OH is 1. The van der Waals surface area contributed by atoms with Crippen LogP contribution in [-0.2, 0) is 0 Å². The predicted octanol–water partition coefficient (Wildman–Crippen LogP) is 0.574. The van der Waals surface area contributed by atoms with E-state index in [0.29, 0.717) is 12.0 Å². The molecule has 1 aromatic rings. The molecule has 0 bridgehead atoms. The van der Waals surface area contributed by atoms with Gasteiger partial charge in [0, 0.05) is 18.8 Å². The molecule has 0 aliphatic heterocycles. The molecule has 0 aliphatic carbocycles. The standard InChI is InChI=1S/C12H18N2O3/c1-3-9(5-7-15)14-12(17)10-8(2)4-6-13-11(10)16/h4,6,9,15H,3,5,7H2,1-2H3,(H,13,16)(H,14,17). The van der Waals surface area contributed by atoms with Gasteiger partial charge in [0.15, 0.2) is 0 Å². The number of nitrogens with one attached hydrogen (secondary N) is 2. The van der Waals surface area contributed by atoms with Gasteiger partial charge in [-0.1, -0.05) is 6.92 Å². The molecule has 0 saturated heterocycles. The molecule has 0 saturated carbocycles. The summed E-state index contributed by atoms with van der Waals surface area (Å²) < 4.78 is 0. The fraction of sp³-hybridized carbons (Fsp3) is 0.500. The van der Waals surface area contributed by atoms with Crippen LogP contribution in [0.3, 0.4) is 0 Å². The first-order valence-electron chi connectivity index (χ1n) is 5.70. The second-order valence-corrected chi connectivity index (χ2v) is 3.96. The van der Waals surface area contributed by atoms with Crippen molar-refractivity contribution in [2.75, 3.05) is 6.61 Å². The maximum Gasteiger partial charge on any atom is 0.261 e. The third-order valence-electron chi connectivity index (χ3n) is 2.70. The van der Waals surface area contributed by atoms with E-state index >= 15 is 0 Å². The first-order valence-corrected chi connectivity index (χ1v) is 5.70. The molecular weight excluding hydrogens is 220 g/mol. The number of pyridine rings is 1. The zero-order chi connectivity index (χ0) is 12.8. The Bertz CT molecular complexity index is 440. The molecule has 0 spiro atoms. The smallest absolute Gasteiger partial charge is 0.261 e. The molecule has 0 radical (unpaired) electrons. The molecule has 1 unspecified atom stereocenters. The van der Waals surface area contributed by atoms with Crippen molar-refractivity contribution in [2.24, 2.45) is 0 Å². The van der Waals surface area contributed by atoms with Crippen molar-refractivity contribution in [3.05, 3.63) is 33.7 Å². The Kier molecular flexibility index (Phi) is 4.90. The third-order valence-corrected chi connectivity index (χ3v) is 2.70. The molecule has 5 heteroatoms. The molecule has 1 atom stereocenters. The van der Waals surface area contributed by atoms with Crippen LogP contribution in [0.4, 0.5) is 0 Å². The van der Waals surface area contributed by atoms with E-state index in [1.54, 1.807) is 13.0 Å². The maximum absolute atomic E-state index is 11.9. The number of aryl methyl sites for hydroxylation is 1. The van der Waals surface area contributed by atoms with Gasteiger partial charge in [-0.25, -0.2) is 0 Å². The van der Waals surface area contributed by atoms with Crippen LogP contribution in [-0.4, -0.2) is 28.6 Å². The van der Waals surface area contributed by atoms with Crippen LogP contribution in [0, 0.1) is 6.92 Å². The largest absolute Gasteiger partial charge is 0.396 e. The number of aromatic amines is 1. The van der Waals surface area contributed by atoms with Gasteiger partial charge in [0.2, 0.25) is 0 Å². The zero-order valence-electron chi connectivity index (χ0n) is 10.1. The number of amides is 1. The maximum atomic E-state index is 11.9. The summed E-state index contributed by atoms with van der Waals surface area (Å²) in [5.41, 5.74) is 0.398. The summed E-state index contributed by atoms with van der Waals surface area (Å²) in [5, 5.41) is 11.6. The van der Waals surface area contributed by atoms with Crippen LogP contribution in [0.5, 0.6) is 0 Å². The van der Waals surface area contributed by atoms with E-state index in [2.05, 4.69) is 10.3 Å². The molecule has 94 valence electrons. The lowest BCUT2D eigenvalue weighted by Gasteiger charge is -2.15. The fourth-order valence-corrected chi connectivity index (χ4v) is 1.65. The average molecular weight is 238 g/mol. The average Bonchev–Trinajstić information content (AvgIpc) is 2.28. The fourth-order valence-electron chi connectivity index (χ4n) is 1.65. The monoisotopic (exact) mass is 238 g/mol. The van der Waals surface area contributed by atoms with E-state index in [1.807, 2.05) is 6.92 Å². The molecule has 1 aromatic heterocycles. The van der Waals surface area contributed by atoms with E-state index in [9.17, 15) is 9.59 Å². The predicted molar refractivity (Wildman–Crippen MR) is 65.0 cm³/mol. The lowest BCUT2D eigenvalue weighted by molar-refractivity contribution is 0.0927. The summed E-state index contributed by atoms with van der Waals surface area (Å²) in [6.07, 6.45) is 2.72. The van der Waals surface area contributed by atoms with Crippen LogP contribution >= 0.6 is 0 Å². The van der Waals surface area contributed by atoms with E-state index in [1.165, 1.54) is 6.20 Å². The normalized spacial score (nSPS) is 12.2. The molecule has 3 N–H and O–H groups in total. The first-order chi connectivity index (χ1) is 8.10. The van der Waals surface area contributed by atoms with E-state index in [0.717, 1.165) is 6.42 Å². The van der Waals surface area contributed by atoms with Crippen molar-refractivity contribution in [1.29, 1.82) is 0 Å². The molecule has 0 aromatic carbocycles. The minimum Gasteiger partial charge on any atom is -0.396 e. The van der Waals surface area contributed by atoms with Gasteiger partial charge in [-0.2, -0.15) is 0 Å². The molecule has 1 heterocycles. The Morgan fingerprint density at radius 3 is 2.82 bits per heavy atom. The molecule has 0 fully saturated rings. The van der Waals surface area contributed by atoms with E-state index in [-0.39, 0.29) is 29.7 Å². The number of carbonyl (C=O) groups excluding carboxylic acids is 1. The summed E-state index contributed by atoms with van der Waals surface area (Å²) in [6.45, 7) is 3.66. The van der Waals surface area contributed by atoms with Gasteiger partial charge in [0.25, 0.3) is 11.5 Å². The van der Waals surface area contributed by atoms with Crippen LogP contribution in [0.15, 0.2) is 17.1 Å². The lowest BCUT2D eigenvalue weighted by atomic mass is 10.1. The highest BCUT2D eigenvalue weighted by molar-refractivity contribution is 5.95. The summed E-state index contributed by atoms with van der Waals surface area (Å²) >= 11 is 0. The second kappa shape index (κ2) is 6.20. The topological polar surface area (TPSA) is 82.2 Å². The number of hydrogen-bond donors (Lipinski definition) is 3. The third kappa shape index (κ3) is 3.42. The minimum atomic E-state index is -0.388. The van der Waals surface area contributed by atoms with Crippen LogP contribution in [0.2, 0.25) is 0 Å². The van der Waals surface area contributed by atoms with Crippen molar-refractivity contribution in [2.45, 2.75) is 32.7 Å². The lowest BCUT2D eigenvalue weighted by Crippen LogP contribution is -2.38. The second-order valence-electron chi connectivity index (χ2n) is 3.96. The molecule has 5 nitrogen and oxygen atoms in total. The van der Waals surface area contributed by atoms with Gasteiger partial charge < -0.3 is 15.4 Å². The molecular formula is C12H18N2O3. The van der Waals surface area contributed by atoms with Gasteiger partial charge in [0.05, 0.1) is 0 Å². The summed E-state index contributed by atoms with van der Waals surface area (Å²) in [4.78, 5) is 25.9. The Labute approximate surface area is 99.9 Å². The van der Waals surface area contributed by atoms with Crippen molar-refractivity contribution in [3.63, 3.8) is 0 Å². The van der Waals surface area contributed by atoms with Gasteiger partial charge in [-0.05, 0) is 31.4 Å². The van der Waals surface area contributed by atoms with Gasteiger partial charge in [0.1, 0.15) is 5.56 Å². The van der Waals surface area contributed by atoms with E-state index in [4.69, 9.17) is 5.11 Å². The molecule has 17 heavy (non-hydrogen) atoms. The summed E-state index contributed by atoms with van der Waals surface area (Å²) in [5.74, 6) is -0.385. The first kappa shape index (κ1) is 13.4. The number of rotatable bonds is 5. The number of aliphatic hydroxyl groups is 1. The minimum absolute atomic E-state index is 0.0168. The highest BCUT2D eigenvalue weighted by Crippen LogP contribution is 2.03. The van der Waals surface area contributed by atoms with E-state index < -0.39 is 0 Å². The van der Waals surface area contributed by atoms with Gasteiger partial charge >= 0.3 is 0 Å². The Morgan fingerprint density at radius 1 is 1.59 bits per heavy atom. The Morgan fingerprint density at radius 2 is 2.29 bits per heavy atom. The number of aromatic nitrogens is 1. The number of carbonyl (C=O) groups is 1.